The molecule has 0 radical (unpaired) electrons. The van der Waals surface area contributed by atoms with Gasteiger partial charge in [-0.1, -0.05) is 37.3 Å². The van der Waals surface area contributed by atoms with Crippen LogP contribution >= 0.6 is 0 Å². The van der Waals surface area contributed by atoms with E-state index in [2.05, 4.69) is 0 Å². The molecule has 0 saturated heterocycles. The van der Waals surface area contributed by atoms with Crippen molar-refractivity contribution in [2.45, 2.75) is 19.8 Å². The zero-order valence-electron chi connectivity index (χ0n) is 9.01. The average Bonchev–Trinajstić information content (AvgIpc) is 2.26. The van der Waals surface area contributed by atoms with Crippen molar-refractivity contribution in [1.29, 1.82) is 0 Å². The second-order valence-corrected chi connectivity index (χ2v) is 3.71. The van der Waals surface area contributed by atoms with Gasteiger partial charge < -0.3 is 10.2 Å². The van der Waals surface area contributed by atoms with Crippen molar-refractivity contribution in [3.63, 3.8) is 0 Å². The second kappa shape index (κ2) is 6.99. The van der Waals surface area contributed by atoms with Gasteiger partial charge in [0.1, 0.15) is 0 Å². The normalized spacial score (nSPS) is 10.4. The average molecular weight is 264 g/mol. The Morgan fingerprint density at radius 2 is 1.59 bits per heavy atom. The Morgan fingerprint density at radius 1 is 1.12 bits per heavy atom. The standard InChI is InChI=1S/C12H14O4.Ca.2H/c1-2-12(10(13)14,11(15)16)8-9-6-4-3-5-7-9;;;/h3-7H,2,8H2,1H3,(H,13,14)(H,15,16);;;. The Balaban J connectivity index is 0.00000256. The topological polar surface area (TPSA) is 74.6 Å². The fourth-order valence-corrected chi connectivity index (χ4v) is 1.61. The number of aliphatic carboxylic acids is 2. The third-order valence-electron chi connectivity index (χ3n) is 2.77. The SMILES string of the molecule is CCC(Cc1ccccc1)(C(=O)O)C(=O)O.[CaH2]. The molecule has 0 aliphatic carbocycles. The Morgan fingerprint density at radius 3 is 1.94 bits per heavy atom. The molecule has 0 heterocycles. The van der Waals surface area contributed by atoms with Crippen molar-refractivity contribution in [1.82, 2.24) is 0 Å². The Labute approximate surface area is 130 Å². The van der Waals surface area contributed by atoms with Crippen LogP contribution in [0.3, 0.4) is 0 Å². The van der Waals surface area contributed by atoms with Crippen molar-refractivity contribution in [3.05, 3.63) is 35.9 Å². The summed E-state index contributed by atoms with van der Waals surface area (Å²) < 4.78 is 0. The van der Waals surface area contributed by atoms with E-state index in [1.165, 1.54) is 0 Å². The third kappa shape index (κ3) is 3.69. The van der Waals surface area contributed by atoms with Crippen LogP contribution in [0.15, 0.2) is 30.3 Å². The first kappa shape index (κ1) is 16.4. The number of carboxylic acids is 2. The summed E-state index contributed by atoms with van der Waals surface area (Å²) in [4.78, 5) is 22.2. The summed E-state index contributed by atoms with van der Waals surface area (Å²) in [5, 5.41) is 18.1. The first-order chi connectivity index (χ1) is 7.53. The van der Waals surface area contributed by atoms with Gasteiger partial charge in [0, 0.05) is 0 Å². The predicted molar refractivity (Wildman–Crippen MR) is 66.7 cm³/mol. The van der Waals surface area contributed by atoms with E-state index < -0.39 is 17.4 Å². The molecule has 0 fully saturated rings. The molecule has 0 bridgehead atoms. The minimum atomic E-state index is -1.72. The van der Waals surface area contributed by atoms with Crippen LogP contribution in [-0.2, 0) is 16.0 Å². The van der Waals surface area contributed by atoms with Crippen LogP contribution < -0.4 is 0 Å². The molecule has 0 aliphatic heterocycles. The van der Waals surface area contributed by atoms with E-state index in [1.54, 1.807) is 37.3 Å². The number of hydrogen-bond donors (Lipinski definition) is 2. The van der Waals surface area contributed by atoms with Crippen LogP contribution in [0.25, 0.3) is 0 Å². The Kier molecular flexibility index (Phi) is 6.75. The number of benzene rings is 1. The second-order valence-electron chi connectivity index (χ2n) is 3.71. The maximum atomic E-state index is 11.1. The van der Waals surface area contributed by atoms with Crippen LogP contribution in [0.2, 0.25) is 0 Å². The van der Waals surface area contributed by atoms with E-state index in [0.29, 0.717) is 5.56 Å². The Hall–Kier alpha value is -0.580. The molecular weight excluding hydrogens is 248 g/mol. The number of carboxylic acid groups (broad SMARTS) is 2. The predicted octanol–water partition coefficient (Wildman–Crippen LogP) is 0.878. The van der Waals surface area contributed by atoms with Gasteiger partial charge in [0.25, 0.3) is 0 Å². The van der Waals surface area contributed by atoms with Crippen molar-refractivity contribution in [2.75, 3.05) is 0 Å². The summed E-state index contributed by atoms with van der Waals surface area (Å²) in [6, 6.07) is 8.80. The zero-order chi connectivity index (χ0) is 12.2. The molecule has 17 heavy (non-hydrogen) atoms. The van der Waals surface area contributed by atoms with Gasteiger partial charge in [-0.3, -0.25) is 9.59 Å². The molecule has 0 spiro atoms. The van der Waals surface area contributed by atoms with Gasteiger partial charge in [0.15, 0.2) is 5.41 Å². The van der Waals surface area contributed by atoms with E-state index in [0.717, 1.165) is 0 Å². The van der Waals surface area contributed by atoms with Gasteiger partial charge >= 0.3 is 49.7 Å². The third-order valence-corrected chi connectivity index (χ3v) is 2.77. The Bertz CT molecular complexity index is 375. The molecular formula is C12H16CaO4. The molecule has 90 valence electrons. The first-order valence-corrected chi connectivity index (χ1v) is 5.03. The van der Waals surface area contributed by atoms with Crippen molar-refractivity contribution < 1.29 is 19.8 Å². The summed E-state index contributed by atoms with van der Waals surface area (Å²) in [5.74, 6) is -2.57. The zero-order valence-corrected chi connectivity index (χ0v) is 9.01. The summed E-state index contributed by atoms with van der Waals surface area (Å²) >= 11 is 0. The summed E-state index contributed by atoms with van der Waals surface area (Å²) in [7, 11) is 0. The molecule has 4 nitrogen and oxygen atoms in total. The van der Waals surface area contributed by atoms with Crippen LogP contribution in [0, 0.1) is 5.41 Å². The summed E-state index contributed by atoms with van der Waals surface area (Å²) in [6.45, 7) is 1.57. The number of carbonyl (C=O) groups is 2. The molecule has 0 atom stereocenters. The van der Waals surface area contributed by atoms with Crippen molar-refractivity contribution >= 4 is 49.7 Å². The maximum absolute atomic E-state index is 11.1. The molecule has 0 aliphatic rings. The van der Waals surface area contributed by atoms with Crippen LogP contribution in [0.4, 0.5) is 0 Å². The van der Waals surface area contributed by atoms with E-state index in [4.69, 9.17) is 10.2 Å². The first-order valence-electron chi connectivity index (χ1n) is 5.03. The fourth-order valence-electron chi connectivity index (χ4n) is 1.61. The van der Waals surface area contributed by atoms with E-state index in [9.17, 15) is 9.59 Å². The molecule has 0 amide bonds. The van der Waals surface area contributed by atoms with E-state index >= 15 is 0 Å². The number of hydrogen-bond acceptors (Lipinski definition) is 2. The molecule has 1 aromatic carbocycles. The number of rotatable bonds is 5. The van der Waals surface area contributed by atoms with Crippen LogP contribution in [0.5, 0.6) is 0 Å². The summed E-state index contributed by atoms with van der Waals surface area (Å²) in [5.41, 5.74) is -1.00. The molecule has 1 rings (SSSR count). The van der Waals surface area contributed by atoms with Gasteiger partial charge in [0.2, 0.25) is 0 Å². The van der Waals surface area contributed by atoms with E-state index in [-0.39, 0.29) is 50.6 Å². The van der Waals surface area contributed by atoms with E-state index in [1.807, 2.05) is 0 Å². The molecule has 2 N–H and O–H groups in total. The fraction of sp³-hybridized carbons (Fsp3) is 0.333. The van der Waals surface area contributed by atoms with Gasteiger partial charge in [-0.15, -0.1) is 0 Å². The monoisotopic (exact) mass is 264 g/mol. The molecule has 5 heteroatoms. The van der Waals surface area contributed by atoms with Crippen molar-refractivity contribution in [3.8, 4) is 0 Å². The summed E-state index contributed by atoms with van der Waals surface area (Å²) in [6.07, 6.45) is 0.0710. The van der Waals surface area contributed by atoms with Gasteiger partial charge in [-0.2, -0.15) is 0 Å². The molecule has 0 saturated carbocycles. The molecule has 0 aromatic heterocycles. The van der Waals surface area contributed by atoms with Crippen LogP contribution in [0.1, 0.15) is 18.9 Å². The van der Waals surface area contributed by atoms with Crippen molar-refractivity contribution in [2.24, 2.45) is 5.41 Å². The van der Waals surface area contributed by atoms with Gasteiger partial charge in [-0.25, -0.2) is 0 Å². The minimum absolute atomic E-state index is 0. The van der Waals surface area contributed by atoms with Gasteiger partial charge in [0.05, 0.1) is 0 Å². The van der Waals surface area contributed by atoms with Crippen LogP contribution in [-0.4, -0.2) is 59.9 Å². The molecule has 1 aromatic rings. The molecule has 0 unspecified atom stereocenters. The quantitative estimate of drug-likeness (QED) is 0.611. The van der Waals surface area contributed by atoms with Gasteiger partial charge in [-0.05, 0) is 18.4 Å².